The van der Waals surface area contributed by atoms with E-state index in [1.807, 2.05) is 24.3 Å². The second kappa shape index (κ2) is 6.93. The van der Waals surface area contributed by atoms with Crippen LogP contribution in [0.3, 0.4) is 0 Å². The Balaban J connectivity index is 1.55. The number of pyridine rings is 1. The number of benzene rings is 1. The second-order valence-electron chi connectivity index (χ2n) is 5.62. The molecule has 1 aromatic heterocycles. The molecule has 2 heterocycles. The van der Waals surface area contributed by atoms with Gasteiger partial charge in [0.15, 0.2) is 0 Å². The van der Waals surface area contributed by atoms with Crippen molar-refractivity contribution in [2.45, 2.75) is 19.0 Å². The summed E-state index contributed by atoms with van der Waals surface area (Å²) in [5, 5.41) is 14.8. The van der Waals surface area contributed by atoms with E-state index in [0.29, 0.717) is 5.82 Å². The van der Waals surface area contributed by atoms with Crippen molar-refractivity contribution in [1.82, 2.24) is 9.88 Å². The number of nitrogens with zero attached hydrogens (tertiary/aromatic N) is 3. The van der Waals surface area contributed by atoms with Crippen molar-refractivity contribution < 1.29 is 4.92 Å². The van der Waals surface area contributed by atoms with E-state index in [9.17, 15) is 10.1 Å². The molecule has 1 atom stereocenters. The van der Waals surface area contributed by atoms with Crippen LogP contribution in [0.4, 0.5) is 11.5 Å². The lowest BCUT2D eigenvalue weighted by Crippen LogP contribution is -2.26. The van der Waals surface area contributed by atoms with Gasteiger partial charge < -0.3 is 5.32 Å². The zero-order chi connectivity index (χ0) is 16.2. The van der Waals surface area contributed by atoms with Crippen molar-refractivity contribution in [2.75, 3.05) is 18.4 Å². The van der Waals surface area contributed by atoms with Gasteiger partial charge in [-0.05, 0) is 24.1 Å². The Kier molecular flexibility index (Phi) is 4.73. The van der Waals surface area contributed by atoms with Crippen molar-refractivity contribution >= 4 is 23.1 Å². The second-order valence-corrected chi connectivity index (χ2v) is 6.02. The van der Waals surface area contributed by atoms with Crippen LogP contribution < -0.4 is 5.32 Å². The van der Waals surface area contributed by atoms with E-state index >= 15 is 0 Å². The summed E-state index contributed by atoms with van der Waals surface area (Å²) in [5.74, 6) is 0.667. The Bertz CT molecular complexity index is 693. The lowest BCUT2D eigenvalue weighted by Gasteiger charge is -2.17. The van der Waals surface area contributed by atoms with Crippen molar-refractivity contribution in [2.24, 2.45) is 0 Å². The van der Waals surface area contributed by atoms with Gasteiger partial charge in [-0.25, -0.2) is 4.98 Å². The van der Waals surface area contributed by atoms with Crippen molar-refractivity contribution in [3.63, 3.8) is 0 Å². The Hall–Kier alpha value is -2.18. The largest absolute Gasteiger partial charge is 0.366 e. The van der Waals surface area contributed by atoms with Crippen LogP contribution in [0, 0.1) is 10.1 Å². The van der Waals surface area contributed by atoms with Gasteiger partial charge >= 0.3 is 0 Å². The fourth-order valence-electron chi connectivity index (χ4n) is 2.75. The molecule has 3 rings (SSSR count). The van der Waals surface area contributed by atoms with Crippen molar-refractivity contribution in [3.05, 3.63) is 63.3 Å². The summed E-state index contributed by atoms with van der Waals surface area (Å²) < 4.78 is 0. The number of likely N-dealkylation sites (tertiary alicyclic amines) is 1. The molecule has 1 saturated heterocycles. The topological polar surface area (TPSA) is 71.3 Å². The van der Waals surface area contributed by atoms with Crippen LogP contribution >= 0.6 is 11.6 Å². The molecule has 0 aliphatic carbocycles. The van der Waals surface area contributed by atoms with E-state index in [2.05, 4.69) is 15.2 Å². The average Bonchev–Trinajstić information content (AvgIpc) is 2.97. The number of hydrogen-bond acceptors (Lipinski definition) is 5. The number of hydrogen-bond donors (Lipinski definition) is 1. The minimum absolute atomic E-state index is 0.00215. The molecule has 7 heteroatoms. The van der Waals surface area contributed by atoms with Crippen LogP contribution in [0.5, 0.6) is 0 Å². The Labute approximate surface area is 139 Å². The monoisotopic (exact) mass is 332 g/mol. The molecule has 0 amide bonds. The number of aromatic nitrogens is 1. The molecule has 1 aromatic carbocycles. The van der Waals surface area contributed by atoms with E-state index < -0.39 is 4.92 Å². The fourth-order valence-corrected chi connectivity index (χ4v) is 2.95. The molecule has 1 unspecified atom stereocenters. The maximum Gasteiger partial charge on any atom is 0.287 e. The van der Waals surface area contributed by atoms with Gasteiger partial charge in [0.2, 0.25) is 0 Å². The molecule has 0 radical (unpaired) electrons. The minimum Gasteiger partial charge on any atom is -0.366 e. The number of anilines is 1. The maximum absolute atomic E-state index is 10.6. The van der Waals surface area contributed by atoms with Gasteiger partial charge in [0.25, 0.3) is 5.69 Å². The maximum atomic E-state index is 10.6. The van der Waals surface area contributed by atoms with Gasteiger partial charge in [-0.3, -0.25) is 15.0 Å². The van der Waals surface area contributed by atoms with Crippen LogP contribution in [0.15, 0.2) is 42.6 Å². The highest BCUT2D eigenvalue weighted by atomic mass is 35.5. The summed E-state index contributed by atoms with van der Waals surface area (Å²) in [6.45, 7) is 2.70. The Morgan fingerprint density at radius 3 is 2.87 bits per heavy atom. The predicted octanol–water partition coefficient (Wildman–Crippen LogP) is 3.33. The van der Waals surface area contributed by atoms with Crippen LogP contribution in [0.2, 0.25) is 5.02 Å². The first kappa shape index (κ1) is 15.7. The van der Waals surface area contributed by atoms with Gasteiger partial charge in [0.05, 0.1) is 4.92 Å². The third-order valence-corrected chi connectivity index (χ3v) is 4.30. The molecule has 1 aliphatic heterocycles. The van der Waals surface area contributed by atoms with E-state index in [1.54, 1.807) is 6.07 Å². The van der Waals surface area contributed by atoms with Crippen LogP contribution in [0.25, 0.3) is 0 Å². The van der Waals surface area contributed by atoms with Crippen LogP contribution in [-0.4, -0.2) is 33.9 Å². The lowest BCUT2D eigenvalue weighted by molar-refractivity contribution is -0.385. The molecule has 0 bridgehead atoms. The standard InChI is InChI=1S/C16H17ClN4O2/c17-15-4-2-1-3-12(15)10-20-8-7-13(11-20)19-16-6-5-14(9-18-16)21(22)23/h1-6,9,13H,7-8,10-11H2,(H,18,19). The Morgan fingerprint density at radius 1 is 1.35 bits per heavy atom. The third-order valence-electron chi connectivity index (χ3n) is 3.93. The van der Waals surface area contributed by atoms with Crippen molar-refractivity contribution in [1.29, 1.82) is 0 Å². The minimum atomic E-state index is -0.447. The first-order valence-corrected chi connectivity index (χ1v) is 7.82. The molecule has 6 nitrogen and oxygen atoms in total. The fraction of sp³-hybridized carbons (Fsp3) is 0.312. The normalized spacial score (nSPS) is 18.0. The van der Waals surface area contributed by atoms with E-state index in [4.69, 9.17) is 11.6 Å². The average molecular weight is 333 g/mol. The number of nitro groups is 1. The number of rotatable bonds is 5. The SMILES string of the molecule is O=[N+]([O-])c1ccc(NC2CCN(Cc3ccccc3Cl)C2)nc1. The summed E-state index contributed by atoms with van der Waals surface area (Å²) >= 11 is 6.20. The van der Waals surface area contributed by atoms with Crippen LogP contribution in [-0.2, 0) is 6.54 Å². The molecule has 2 aromatic rings. The summed E-state index contributed by atoms with van der Waals surface area (Å²) in [7, 11) is 0. The van der Waals surface area contributed by atoms with Gasteiger partial charge in [0, 0.05) is 36.8 Å². The molecule has 23 heavy (non-hydrogen) atoms. The van der Waals surface area contributed by atoms with Crippen LogP contribution in [0.1, 0.15) is 12.0 Å². The van der Waals surface area contributed by atoms with E-state index in [-0.39, 0.29) is 11.7 Å². The summed E-state index contributed by atoms with van der Waals surface area (Å²) in [4.78, 5) is 16.6. The van der Waals surface area contributed by atoms with E-state index in [1.165, 1.54) is 12.3 Å². The first-order valence-electron chi connectivity index (χ1n) is 7.44. The molecule has 1 N–H and O–H groups in total. The van der Waals surface area contributed by atoms with Gasteiger partial charge in [-0.2, -0.15) is 0 Å². The summed E-state index contributed by atoms with van der Waals surface area (Å²) in [5.41, 5.74) is 1.13. The molecular weight excluding hydrogens is 316 g/mol. The van der Waals surface area contributed by atoms with E-state index in [0.717, 1.165) is 36.6 Å². The molecule has 120 valence electrons. The molecule has 1 fully saturated rings. The number of halogens is 1. The zero-order valence-electron chi connectivity index (χ0n) is 12.5. The molecule has 0 spiro atoms. The number of nitrogens with one attached hydrogen (secondary N) is 1. The highest BCUT2D eigenvalue weighted by molar-refractivity contribution is 6.31. The first-order chi connectivity index (χ1) is 11.1. The lowest BCUT2D eigenvalue weighted by atomic mass is 10.2. The quantitative estimate of drug-likeness (QED) is 0.671. The highest BCUT2D eigenvalue weighted by Gasteiger charge is 2.23. The smallest absolute Gasteiger partial charge is 0.287 e. The Morgan fingerprint density at radius 2 is 2.17 bits per heavy atom. The van der Waals surface area contributed by atoms with Gasteiger partial charge in [-0.1, -0.05) is 29.8 Å². The van der Waals surface area contributed by atoms with Gasteiger partial charge in [0.1, 0.15) is 12.0 Å². The highest BCUT2D eigenvalue weighted by Crippen LogP contribution is 2.21. The van der Waals surface area contributed by atoms with Gasteiger partial charge in [-0.15, -0.1) is 0 Å². The van der Waals surface area contributed by atoms with Crippen molar-refractivity contribution in [3.8, 4) is 0 Å². The summed E-state index contributed by atoms with van der Waals surface area (Å²) in [6, 6.07) is 11.3. The summed E-state index contributed by atoms with van der Waals surface area (Å²) in [6.07, 6.45) is 2.28. The predicted molar refractivity (Wildman–Crippen MR) is 89.6 cm³/mol. The molecular formula is C16H17ClN4O2. The molecule has 0 saturated carbocycles. The zero-order valence-corrected chi connectivity index (χ0v) is 13.2. The molecule has 1 aliphatic rings. The third kappa shape index (κ3) is 3.97.